The molecular weight excluding hydrogens is 279 g/mol. The van der Waals surface area contributed by atoms with Gasteiger partial charge in [0.15, 0.2) is 16.7 Å². The molecule has 1 aromatic heterocycles. The van der Waals surface area contributed by atoms with Crippen LogP contribution in [0.4, 0.5) is 9.52 Å². The number of aromatic nitrogens is 1. The van der Waals surface area contributed by atoms with E-state index in [1.807, 2.05) is 6.92 Å². The van der Waals surface area contributed by atoms with Crippen molar-refractivity contribution in [2.75, 3.05) is 12.4 Å². The number of thiazole rings is 1. The summed E-state index contributed by atoms with van der Waals surface area (Å²) in [5, 5.41) is 5.02. The van der Waals surface area contributed by atoms with Gasteiger partial charge in [-0.15, -0.1) is 11.3 Å². The van der Waals surface area contributed by atoms with Crippen molar-refractivity contribution in [3.05, 3.63) is 29.4 Å². The van der Waals surface area contributed by atoms with Gasteiger partial charge in [0, 0.05) is 17.4 Å². The van der Waals surface area contributed by atoms with Gasteiger partial charge in [0.25, 0.3) is 0 Å². The van der Waals surface area contributed by atoms with Gasteiger partial charge in [-0.2, -0.15) is 0 Å². The molecule has 0 bridgehead atoms. The molecule has 106 valence electrons. The summed E-state index contributed by atoms with van der Waals surface area (Å²) in [6, 6.07) is 4.65. The van der Waals surface area contributed by atoms with E-state index in [0.29, 0.717) is 22.8 Å². The molecule has 2 aromatic rings. The van der Waals surface area contributed by atoms with Crippen molar-refractivity contribution in [3.63, 3.8) is 0 Å². The molecule has 1 N–H and O–H groups in total. The summed E-state index contributed by atoms with van der Waals surface area (Å²) >= 11 is 1.32. The number of hydrogen-bond donors (Lipinski definition) is 1. The van der Waals surface area contributed by atoms with Crippen LogP contribution in [0.2, 0.25) is 0 Å². The topological polar surface area (TPSA) is 51.2 Å². The zero-order valence-electron chi connectivity index (χ0n) is 11.3. The Hall–Kier alpha value is -1.95. The number of methoxy groups -OCH3 is 1. The Balaban J connectivity index is 2.16. The van der Waals surface area contributed by atoms with E-state index in [-0.39, 0.29) is 11.7 Å². The zero-order chi connectivity index (χ0) is 14.5. The molecule has 0 saturated carbocycles. The van der Waals surface area contributed by atoms with E-state index in [0.717, 1.165) is 6.42 Å². The maximum absolute atomic E-state index is 13.6. The van der Waals surface area contributed by atoms with Gasteiger partial charge in [0.05, 0.1) is 12.8 Å². The normalized spacial score (nSPS) is 10.3. The first-order valence-electron chi connectivity index (χ1n) is 6.23. The number of halogens is 1. The van der Waals surface area contributed by atoms with E-state index >= 15 is 0 Å². The molecule has 0 fully saturated rings. The number of anilines is 1. The number of nitrogens with one attached hydrogen (secondary N) is 1. The van der Waals surface area contributed by atoms with Gasteiger partial charge in [0.1, 0.15) is 0 Å². The van der Waals surface area contributed by atoms with E-state index in [9.17, 15) is 9.18 Å². The molecule has 1 aromatic carbocycles. The highest BCUT2D eigenvalue weighted by Gasteiger charge is 2.10. The lowest BCUT2D eigenvalue weighted by molar-refractivity contribution is -0.116. The average Bonchev–Trinajstić information content (AvgIpc) is 2.87. The predicted molar refractivity (Wildman–Crippen MR) is 77.6 cm³/mol. The molecule has 0 unspecified atom stereocenters. The van der Waals surface area contributed by atoms with Gasteiger partial charge in [-0.3, -0.25) is 4.79 Å². The summed E-state index contributed by atoms with van der Waals surface area (Å²) in [7, 11) is 1.42. The summed E-state index contributed by atoms with van der Waals surface area (Å²) in [6.07, 6.45) is 1.25. The quantitative estimate of drug-likeness (QED) is 0.915. The van der Waals surface area contributed by atoms with Gasteiger partial charge in [0.2, 0.25) is 5.91 Å². The minimum Gasteiger partial charge on any atom is -0.494 e. The molecule has 1 heterocycles. The summed E-state index contributed by atoms with van der Waals surface area (Å²) in [5.74, 6) is -0.302. The van der Waals surface area contributed by atoms with Crippen LogP contribution >= 0.6 is 11.3 Å². The second-order valence-electron chi connectivity index (χ2n) is 4.19. The smallest absolute Gasteiger partial charge is 0.226 e. The molecule has 0 atom stereocenters. The molecule has 0 radical (unpaired) electrons. The first-order chi connectivity index (χ1) is 9.63. The Bertz CT molecular complexity index is 613. The Morgan fingerprint density at radius 2 is 2.30 bits per heavy atom. The molecule has 1 amide bonds. The average molecular weight is 294 g/mol. The lowest BCUT2D eigenvalue weighted by Crippen LogP contribution is -2.10. The van der Waals surface area contributed by atoms with E-state index in [4.69, 9.17) is 4.74 Å². The van der Waals surface area contributed by atoms with Gasteiger partial charge >= 0.3 is 0 Å². The highest BCUT2D eigenvalue weighted by Crippen LogP contribution is 2.28. The Morgan fingerprint density at radius 3 is 2.95 bits per heavy atom. The van der Waals surface area contributed by atoms with Crippen LogP contribution in [0.25, 0.3) is 11.3 Å². The monoisotopic (exact) mass is 294 g/mol. The van der Waals surface area contributed by atoms with Crippen LogP contribution in [0.5, 0.6) is 5.75 Å². The van der Waals surface area contributed by atoms with Gasteiger partial charge < -0.3 is 10.1 Å². The van der Waals surface area contributed by atoms with Crippen molar-refractivity contribution < 1.29 is 13.9 Å². The highest BCUT2D eigenvalue weighted by molar-refractivity contribution is 7.14. The molecule has 0 aliphatic heterocycles. The van der Waals surface area contributed by atoms with Gasteiger partial charge in [-0.25, -0.2) is 9.37 Å². The van der Waals surface area contributed by atoms with Crippen molar-refractivity contribution >= 4 is 22.4 Å². The number of carbonyl (C=O) groups excluding carboxylic acids is 1. The van der Waals surface area contributed by atoms with Crippen LogP contribution in [0.3, 0.4) is 0 Å². The van der Waals surface area contributed by atoms with Crippen LogP contribution in [-0.2, 0) is 4.79 Å². The molecule has 6 heteroatoms. The molecule has 0 aliphatic carbocycles. The first-order valence-corrected chi connectivity index (χ1v) is 7.11. The molecule has 0 aliphatic rings. The lowest BCUT2D eigenvalue weighted by atomic mass is 10.1. The van der Waals surface area contributed by atoms with Crippen LogP contribution in [-0.4, -0.2) is 18.0 Å². The maximum Gasteiger partial charge on any atom is 0.226 e. The third-order valence-electron chi connectivity index (χ3n) is 2.68. The highest BCUT2D eigenvalue weighted by atomic mass is 32.1. The third-order valence-corrected chi connectivity index (χ3v) is 3.43. The van der Waals surface area contributed by atoms with E-state index in [2.05, 4.69) is 10.3 Å². The fraction of sp³-hybridized carbons (Fsp3) is 0.286. The summed E-state index contributed by atoms with van der Waals surface area (Å²) in [6.45, 7) is 1.94. The zero-order valence-corrected chi connectivity index (χ0v) is 12.1. The van der Waals surface area contributed by atoms with Crippen LogP contribution in [0, 0.1) is 5.82 Å². The van der Waals surface area contributed by atoms with Crippen LogP contribution in [0.1, 0.15) is 19.8 Å². The van der Waals surface area contributed by atoms with E-state index in [1.165, 1.54) is 24.5 Å². The minimum absolute atomic E-state index is 0.0608. The minimum atomic E-state index is -0.436. The number of rotatable bonds is 5. The van der Waals surface area contributed by atoms with Crippen molar-refractivity contribution in [2.24, 2.45) is 0 Å². The molecule has 4 nitrogen and oxygen atoms in total. The first kappa shape index (κ1) is 14.5. The fourth-order valence-corrected chi connectivity index (χ4v) is 2.43. The van der Waals surface area contributed by atoms with Crippen LogP contribution in [0.15, 0.2) is 23.6 Å². The second-order valence-corrected chi connectivity index (χ2v) is 5.04. The van der Waals surface area contributed by atoms with E-state index in [1.54, 1.807) is 17.5 Å². The largest absolute Gasteiger partial charge is 0.494 e. The third kappa shape index (κ3) is 3.33. The second kappa shape index (κ2) is 6.47. The molecule has 2 rings (SSSR count). The molecular formula is C14H15FN2O2S. The molecule has 0 spiro atoms. The SMILES string of the molecule is CCCC(=O)Nc1nc(-c2ccc(OC)c(F)c2)cs1. The van der Waals surface area contributed by atoms with Gasteiger partial charge in [-0.05, 0) is 24.6 Å². The standard InChI is InChI=1S/C14H15FN2O2S/c1-3-4-13(18)17-14-16-11(8-20-14)9-5-6-12(19-2)10(15)7-9/h5-8H,3-4H2,1-2H3,(H,16,17,18). The van der Waals surface area contributed by atoms with Crippen molar-refractivity contribution in [2.45, 2.75) is 19.8 Å². The Morgan fingerprint density at radius 1 is 1.50 bits per heavy atom. The van der Waals surface area contributed by atoms with Crippen molar-refractivity contribution in [3.8, 4) is 17.0 Å². The van der Waals surface area contributed by atoms with E-state index < -0.39 is 5.82 Å². The number of benzene rings is 1. The van der Waals surface area contributed by atoms with Crippen molar-refractivity contribution in [1.82, 2.24) is 4.98 Å². The van der Waals surface area contributed by atoms with Crippen LogP contribution < -0.4 is 10.1 Å². The Labute approximate surface area is 120 Å². The molecule has 0 saturated heterocycles. The number of amides is 1. The number of carbonyl (C=O) groups is 1. The predicted octanol–water partition coefficient (Wildman–Crippen LogP) is 3.70. The summed E-state index contributed by atoms with van der Waals surface area (Å²) < 4.78 is 18.5. The summed E-state index contributed by atoms with van der Waals surface area (Å²) in [4.78, 5) is 15.8. The number of ether oxygens (including phenoxy) is 1. The molecule has 20 heavy (non-hydrogen) atoms. The Kier molecular flexibility index (Phi) is 4.68. The number of nitrogens with zero attached hydrogens (tertiary/aromatic N) is 1. The van der Waals surface area contributed by atoms with Gasteiger partial charge in [-0.1, -0.05) is 6.92 Å². The number of hydrogen-bond acceptors (Lipinski definition) is 4. The van der Waals surface area contributed by atoms with Crippen molar-refractivity contribution in [1.29, 1.82) is 0 Å². The fourth-order valence-electron chi connectivity index (χ4n) is 1.70. The summed E-state index contributed by atoms with van der Waals surface area (Å²) in [5.41, 5.74) is 1.28. The maximum atomic E-state index is 13.6. The lowest BCUT2D eigenvalue weighted by Gasteiger charge is -2.03.